The van der Waals surface area contributed by atoms with Crippen molar-refractivity contribution >= 4 is 11.8 Å². The van der Waals surface area contributed by atoms with Crippen molar-refractivity contribution in [2.45, 2.75) is 24.7 Å². The van der Waals surface area contributed by atoms with Crippen LogP contribution in [0.4, 0.5) is 13.2 Å². The van der Waals surface area contributed by atoms with Crippen LogP contribution in [-0.2, 0) is 14.3 Å². The number of rotatable bonds is 5. The van der Waals surface area contributed by atoms with Crippen LogP contribution in [0.5, 0.6) is 0 Å². The Kier molecular flexibility index (Phi) is 5.25. The van der Waals surface area contributed by atoms with E-state index in [1.165, 1.54) is 7.11 Å². The van der Waals surface area contributed by atoms with Crippen molar-refractivity contribution in [3.63, 3.8) is 0 Å². The van der Waals surface area contributed by atoms with E-state index in [-0.39, 0.29) is 13.0 Å². The van der Waals surface area contributed by atoms with E-state index < -0.39 is 36.7 Å². The summed E-state index contributed by atoms with van der Waals surface area (Å²) in [7, 11) is 1.37. The van der Waals surface area contributed by atoms with Gasteiger partial charge in [0.25, 0.3) is 5.91 Å². The highest BCUT2D eigenvalue weighted by atomic mass is 19.4. The molecule has 2 unspecified atom stereocenters. The molecule has 0 aliphatic carbocycles. The summed E-state index contributed by atoms with van der Waals surface area (Å²) in [4.78, 5) is 24.5. The molecule has 1 aromatic carbocycles. The summed E-state index contributed by atoms with van der Waals surface area (Å²) < 4.78 is 42.3. The molecule has 1 saturated heterocycles. The molecule has 5 nitrogen and oxygen atoms in total. The SMILES string of the molecule is COC(C(=O)NC1CC(=O)N(CC(F)(F)F)C1)c1ccccc1. The molecule has 1 aliphatic heterocycles. The molecule has 2 amide bonds. The molecule has 0 radical (unpaired) electrons. The first-order valence-electron chi connectivity index (χ1n) is 7.03. The first kappa shape index (κ1) is 17.3. The summed E-state index contributed by atoms with van der Waals surface area (Å²) >= 11 is 0. The number of benzene rings is 1. The van der Waals surface area contributed by atoms with Gasteiger partial charge in [0.15, 0.2) is 6.10 Å². The molecule has 1 fully saturated rings. The van der Waals surface area contributed by atoms with E-state index in [9.17, 15) is 22.8 Å². The largest absolute Gasteiger partial charge is 0.406 e. The molecule has 1 heterocycles. The van der Waals surface area contributed by atoms with E-state index >= 15 is 0 Å². The number of hydrogen-bond acceptors (Lipinski definition) is 3. The number of likely N-dealkylation sites (tertiary alicyclic amines) is 1. The average Bonchev–Trinajstić information content (AvgIpc) is 2.78. The topological polar surface area (TPSA) is 58.6 Å². The van der Waals surface area contributed by atoms with E-state index in [0.717, 1.165) is 0 Å². The predicted molar refractivity (Wildman–Crippen MR) is 75.4 cm³/mol. The van der Waals surface area contributed by atoms with Gasteiger partial charge >= 0.3 is 6.18 Å². The van der Waals surface area contributed by atoms with Crippen LogP contribution >= 0.6 is 0 Å². The van der Waals surface area contributed by atoms with Crippen LogP contribution in [0.2, 0.25) is 0 Å². The third-order valence-electron chi connectivity index (χ3n) is 3.51. The highest BCUT2D eigenvalue weighted by molar-refractivity contribution is 5.85. The molecule has 23 heavy (non-hydrogen) atoms. The van der Waals surface area contributed by atoms with E-state index in [2.05, 4.69) is 5.32 Å². The molecule has 126 valence electrons. The highest BCUT2D eigenvalue weighted by Gasteiger charge is 2.39. The molecule has 0 bridgehead atoms. The number of methoxy groups -OCH3 is 1. The molecule has 8 heteroatoms. The van der Waals surface area contributed by atoms with Crippen molar-refractivity contribution in [3.05, 3.63) is 35.9 Å². The highest BCUT2D eigenvalue weighted by Crippen LogP contribution is 2.22. The number of carbonyl (C=O) groups is 2. The summed E-state index contributed by atoms with van der Waals surface area (Å²) in [5.41, 5.74) is 0.629. The van der Waals surface area contributed by atoms with Crippen LogP contribution in [-0.4, -0.2) is 49.1 Å². The number of nitrogens with zero attached hydrogens (tertiary/aromatic N) is 1. The van der Waals surface area contributed by atoms with E-state index in [4.69, 9.17) is 4.74 Å². The Labute approximate surface area is 131 Å². The zero-order valence-electron chi connectivity index (χ0n) is 12.5. The molecular formula is C15H17F3N2O3. The number of carbonyl (C=O) groups excluding carboxylic acids is 2. The van der Waals surface area contributed by atoms with Crippen LogP contribution in [0.1, 0.15) is 18.1 Å². The van der Waals surface area contributed by atoms with E-state index in [1.807, 2.05) is 0 Å². The fourth-order valence-corrected chi connectivity index (χ4v) is 2.54. The standard InChI is InChI=1S/C15H17F3N2O3/c1-23-13(10-5-3-2-4-6-10)14(22)19-11-7-12(21)20(8-11)9-15(16,17)18/h2-6,11,13H,7-9H2,1H3,(H,19,22). The zero-order chi connectivity index (χ0) is 17.0. The minimum Gasteiger partial charge on any atom is -0.367 e. The van der Waals surface area contributed by atoms with Crippen molar-refractivity contribution in [1.29, 1.82) is 0 Å². The molecule has 2 atom stereocenters. The Morgan fingerprint density at radius 1 is 1.39 bits per heavy atom. The Morgan fingerprint density at radius 2 is 2.04 bits per heavy atom. The number of amides is 2. The van der Waals surface area contributed by atoms with E-state index in [1.54, 1.807) is 30.3 Å². The minimum atomic E-state index is -4.45. The van der Waals surface area contributed by atoms with Crippen molar-refractivity contribution in [2.75, 3.05) is 20.2 Å². The lowest BCUT2D eigenvalue weighted by molar-refractivity contribution is -0.157. The first-order valence-corrected chi connectivity index (χ1v) is 7.03. The molecule has 0 saturated carbocycles. The fourth-order valence-electron chi connectivity index (χ4n) is 2.54. The van der Waals surface area contributed by atoms with Gasteiger partial charge in [-0.15, -0.1) is 0 Å². The van der Waals surface area contributed by atoms with Crippen molar-refractivity contribution in [2.24, 2.45) is 0 Å². The second-order valence-electron chi connectivity index (χ2n) is 5.33. The number of nitrogens with one attached hydrogen (secondary N) is 1. The minimum absolute atomic E-state index is 0.146. The maximum Gasteiger partial charge on any atom is 0.406 e. The smallest absolute Gasteiger partial charge is 0.367 e. The van der Waals surface area contributed by atoms with E-state index in [0.29, 0.717) is 10.5 Å². The second-order valence-corrected chi connectivity index (χ2v) is 5.33. The second kappa shape index (κ2) is 6.99. The van der Waals surface area contributed by atoms with Crippen LogP contribution in [0.3, 0.4) is 0 Å². The maximum absolute atomic E-state index is 12.4. The number of alkyl halides is 3. The van der Waals surface area contributed by atoms with Crippen LogP contribution in [0.15, 0.2) is 30.3 Å². The van der Waals surface area contributed by atoms with Gasteiger partial charge in [0.05, 0.1) is 6.04 Å². The first-order chi connectivity index (χ1) is 10.8. The van der Waals surface area contributed by atoms with Gasteiger partial charge in [0.2, 0.25) is 5.91 Å². The Hall–Kier alpha value is -2.09. The summed E-state index contributed by atoms with van der Waals surface area (Å²) in [5.74, 6) is -1.10. The lowest BCUT2D eigenvalue weighted by Crippen LogP contribution is -2.41. The molecule has 1 aromatic rings. The van der Waals surface area contributed by atoms with Crippen molar-refractivity contribution < 1.29 is 27.5 Å². The summed E-state index contributed by atoms with van der Waals surface area (Å²) in [5, 5.41) is 2.58. The fraction of sp³-hybridized carbons (Fsp3) is 0.467. The summed E-state index contributed by atoms with van der Waals surface area (Å²) in [6.45, 7) is -1.46. The van der Waals surface area contributed by atoms with Crippen LogP contribution < -0.4 is 5.32 Å². The molecule has 0 aromatic heterocycles. The monoisotopic (exact) mass is 330 g/mol. The van der Waals surface area contributed by atoms with Gasteiger partial charge in [0, 0.05) is 20.1 Å². The Morgan fingerprint density at radius 3 is 2.61 bits per heavy atom. The molecule has 0 spiro atoms. The lowest BCUT2D eigenvalue weighted by Gasteiger charge is -2.20. The Balaban J connectivity index is 1.97. The lowest BCUT2D eigenvalue weighted by atomic mass is 10.1. The van der Waals surface area contributed by atoms with Gasteiger partial charge in [0.1, 0.15) is 6.54 Å². The van der Waals surface area contributed by atoms with Gasteiger partial charge in [-0.25, -0.2) is 0 Å². The van der Waals surface area contributed by atoms with Crippen LogP contribution in [0.25, 0.3) is 0 Å². The van der Waals surface area contributed by atoms with Crippen molar-refractivity contribution in [3.8, 4) is 0 Å². The molecule has 2 rings (SSSR count). The quantitative estimate of drug-likeness (QED) is 0.893. The molecule has 1 N–H and O–H groups in total. The summed E-state index contributed by atoms with van der Waals surface area (Å²) in [6, 6.07) is 8.06. The normalized spacial score (nSPS) is 19.7. The van der Waals surface area contributed by atoms with Gasteiger partial charge in [-0.1, -0.05) is 30.3 Å². The maximum atomic E-state index is 12.4. The molecule has 1 aliphatic rings. The number of ether oxygens (including phenoxy) is 1. The van der Waals surface area contributed by atoms with Gasteiger partial charge in [-0.2, -0.15) is 13.2 Å². The summed E-state index contributed by atoms with van der Waals surface area (Å²) in [6.07, 6.45) is -5.47. The third-order valence-corrected chi connectivity index (χ3v) is 3.51. The van der Waals surface area contributed by atoms with Crippen LogP contribution in [0, 0.1) is 0 Å². The van der Waals surface area contributed by atoms with Gasteiger partial charge in [-0.05, 0) is 5.56 Å². The zero-order valence-corrected chi connectivity index (χ0v) is 12.5. The average molecular weight is 330 g/mol. The Bertz CT molecular complexity index is 563. The number of halogens is 3. The molecular weight excluding hydrogens is 313 g/mol. The predicted octanol–water partition coefficient (Wildman–Crippen LogP) is 1.65. The van der Waals surface area contributed by atoms with Gasteiger partial charge < -0.3 is 15.0 Å². The number of hydrogen-bond donors (Lipinski definition) is 1. The van der Waals surface area contributed by atoms with Gasteiger partial charge in [-0.3, -0.25) is 9.59 Å². The van der Waals surface area contributed by atoms with Crippen molar-refractivity contribution in [1.82, 2.24) is 10.2 Å². The third kappa shape index (κ3) is 4.69.